The summed E-state index contributed by atoms with van der Waals surface area (Å²) >= 11 is 0. The summed E-state index contributed by atoms with van der Waals surface area (Å²) in [5, 5.41) is 23.5. The van der Waals surface area contributed by atoms with Gasteiger partial charge in [0.25, 0.3) is 5.91 Å². The van der Waals surface area contributed by atoms with Crippen LogP contribution in [0, 0.1) is 10.7 Å². The molecule has 1 aliphatic rings. The number of nitroso groups, excluding NO2 is 1. The van der Waals surface area contributed by atoms with Crippen LogP contribution in [0.4, 0.5) is 4.39 Å². The molecule has 1 fully saturated rings. The number of aliphatic hydroxyl groups is 2. The van der Waals surface area contributed by atoms with Gasteiger partial charge in [0.05, 0.1) is 29.8 Å². The number of aromatic nitrogens is 1. The second kappa shape index (κ2) is 9.46. The van der Waals surface area contributed by atoms with Crippen LogP contribution >= 0.6 is 0 Å². The number of aliphatic hydroxyl groups excluding tert-OH is 2. The number of pyridine rings is 1. The molecule has 2 aromatic carbocycles. The molecule has 1 saturated carbocycles. The number of benzene rings is 2. The highest BCUT2D eigenvalue weighted by atomic mass is 19.1. The van der Waals surface area contributed by atoms with E-state index >= 15 is 0 Å². The van der Waals surface area contributed by atoms with Gasteiger partial charge in [0, 0.05) is 34.0 Å². The maximum Gasteiger partial charge on any atom is 0.288 e. The van der Waals surface area contributed by atoms with Crippen LogP contribution < -0.4 is 0 Å². The summed E-state index contributed by atoms with van der Waals surface area (Å²) in [6.45, 7) is 0. The van der Waals surface area contributed by atoms with Gasteiger partial charge in [-0.2, -0.15) is 0 Å². The SMILES string of the molecule is O=NC(=O)C[C@H](O)C[C@H](O)/C=C/c1c(C2CC2)nc2ccccc2c1-c1ccc(F)cc1. The summed E-state index contributed by atoms with van der Waals surface area (Å²) in [6, 6.07) is 14.0. The fourth-order valence-corrected chi connectivity index (χ4v) is 3.90. The van der Waals surface area contributed by atoms with Crippen LogP contribution in [0.15, 0.2) is 59.8 Å². The Hall–Kier alpha value is -3.29. The number of hydrogen-bond donors (Lipinski definition) is 2. The van der Waals surface area contributed by atoms with E-state index in [4.69, 9.17) is 4.98 Å². The molecule has 164 valence electrons. The van der Waals surface area contributed by atoms with Gasteiger partial charge in [-0.15, -0.1) is 4.91 Å². The van der Waals surface area contributed by atoms with E-state index < -0.39 is 24.5 Å². The number of rotatable bonds is 8. The minimum atomic E-state index is -1.17. The smallest absolute Gasteiger partial charge is 0.288 e. The van der Waals surface area contributed by atoms with Crippen LogP contribution in [0.25, 0.3) is 28.1 Å². The average molecular weight is 434 g/mol. The van der Waals surface area contributed by atoms with Gasteiger partial charge in [-0.05, 0) is 36.6 Å². The Labute approximate surface area is 184 Å². The van der Waals surface area contributed by atoms with E-state index in [1.165, 1.54) is 12.1 Å². The molecule has 0 unspecified atom stereocenters. The summed E-state index contributed by atoms with van der Waals surface area (Å²) in [5.41, 5.74) is 4.36. The predicted octanol–water partition coefficient (Wildman–Crippen LogP) is 4.73. The third kappa shape index (κ3) is 4.95. The van der Waals surface area contributed by atoms with Crippen molar-refractivity contribution in [3.8, 4) is 11.1 Å². The zero-order valence-corrected chi connectivity index (χ0v) is 17.3. The van der Waals surface area contributed by atoms with Crippen molar-refractivity contribution < 1.29 is 19.4 Å². The van der Waals surface area contributed by atoms with E-state index in [1.54, 1.807) is 24.3 Å². The predicted molar refractivity (Wildman–Crippen MR) is 120 cm³/mol. The Balaban J connectivity index is 1.75. The van der Waals surface area contributed by atoms with Gasteiger partial charge in [0.15, 0.2) is 0 Å². The number of carbonyl (C=O) groups is 1. The molecule has 1 aromatic heterocycles. The number of fused-ring (bicyclic) bond motifs is 1. The molecule has 2 atom stereocenters. The number of halogens is 1. The lowest BCUT2D eigenvalue weighted by molar-refractivity contribution is -0.120. The lowest BCUT2D eigenvalue weighted by Gasteiger charge is -2.16. The van der Waals surface area contributed by atoms with E-state index in [1.807, 2.05) is 24.3 Å². The topological polar surface area (TPSA) is 99.9 Å². The Morgan fingerprint density at radius 2 is 1.88 bits per heavy atom. The number of hydrogen-bond acceptors (Lipinski definition) is 5. The molecule has 1 amide bonds. The highest BCUT2D eigenvalue weighted by molar-refractivity contribution is 5.99. The Kier molecular flexibility index (Phi) is 6.48. The zero-order chi connectivity index (χ0) is 22.7. The van der Waals surface area contributed by atoms with Gasteiger partial charge in [-0.1, -0.05) is 42.5 Å². The van der Waals surface area contributed by atoms with Crippen molar-refractivity contribution in [1.82, 2.24) is 4.98 Å². The Morgan fingerprint density at radius 1 is 1.16 bits per heavy atom. The fourth-order valence-electron chi connectivity index (χ4n) is 3.90. The minimum absolute atomic E-state index is 0.108. The quantitative estimate of drug-likeness (QED) is 0.500. The normalized spacial score (nSPS) is 15.7. The van der Waals surface area contributed by atoms with Crippen LogP contribution in [0.2, 0.25) is 0 Å². The van der Waals surface area contributed by atoms with Gasteiger partial charge >= 0.3 is 0 Å². The van der Waals surface area contributed by atoms with Crippen LogP contribution in [-0.2, 0) is 4.79 Å². The van der Waals surface area contributed by atoms with E-state index in [9.17, 15) is 24.3 Å². The van der Waals surface area contributed by atoms with Crippen LogP contribution in [0.5, 0.6) is 0 Å². The third-order valence-electron chi connectivity index (χ3n) is 5.57. The third-order valence-corrected chi connectivity index (χ3v) is 5.57. The van der Waals surface area contributed by atoms with Crippen molar-refractivity contribution in [2.45, 2.75) is 43.8 Å². The molecule has 0 spiro atoms. The number of amides is 1. The number of nitrogens with zero attached hydrogens (tertiary/aromatic N) is 2. The molecule has 0 radical (unpaired) electrons. The van der Waals surface area contributed by atoms with Crippen molar-refractivity contribution >= 4 is 22.9 Å². The van der Waals surface area contributed by atoms with Crippen molar-refractivity contribution in [3.63, 3.8) is 0 Å². The molecule has 1 heterocycles. The van der Waals surface area contributed by atoms with Gasteiger partial charge in [-0.3, -0.25) is 9.78 Å². The van der Waals surface area contributed by atoms with Crippen LogP contribution in [-0.4, -0.2) is 33.3 Å². The summed E-state index contributed by atoms with van der Waals surface area (Å²) in [5.74, 6) is -0.963. The first-order valence-electron chi connectivity index (χ1n) is 10.6. The van der Waals surface area contributed by atoms with Crippen molar-refractivity contribution in [3.05, 3.63) is 76.6 Å². The maximum atomic E-state index is 13.6. The van der Waals surface area contributed by atoms with Crippen molar-refractivity contribution in [1.29, 1.82) is 0 Å². The van der Waals surface area contributed by atoms with Gasteiger partial charge in [0.1, 0.15) is 5.82 Å². The summed E-state index contributed by atoms with van der Waals surface area (Å²) < 4.78 is 13.6. The van der Waals surface area contributed by atoms with Crippen molar-refractivity contribution in [2.24, 2.45) is 5.18 Å². The Morgan fingerprint density at radius 3 is 2.56 bits per heavy atom. The molecule has 6 nitrogen and oxygen atoms in total. The first-order valence-corrected chi connectivity index (χ1v) is 10.6. The maximum absolute atomic E-state index is 13.6. The zero-order valence-electron chi connectivity index (χ0n) is 17.3. The van der Waals surface area contributed by atoms with Gasteiger partial charge < -0.3 is 10.2 Å². The van der Waals surface area contributed by atoms with Gasteiger partial charge in [-0.25, -0.2) is 4.39 Å². The number of para-hydroxylation sites is 1. The molecule has 4 rings (SSSR count). The second-order valence-electron chi connectivity index (χ2n) is 8.09. The van der Waals surface area contributed by atoms with Gasteiger partial charge in [0.2, 0.25) is 0 Å². The lowest BCUT2D eigenvalue weighted by Crippen LogP contribution is -2.18. The molecule has 0 saturated heterocycles. The van der Waals surface area contributed by atoms with Crippen molar-refractivity contribution in [2.75, 3.05) is 0 Å². The van der Waals surface area contributed by atoms with Crippen LogP contribution in [0.3, 0.4) is 0 Å². The van der Waals surface area contributed by atoms with E-state index in [0.29, 0.717) is 5.92 Å². The second-order valence-corrected chi connectivity index (χ2v) is 8.09. The summed E-state index contributed by atoms with van der Waals surface area (Å²) in [7, 11) is 0. The first kappa shape index (κ1) is 21.9. The van der Waals surface area contributed by atoms with E-state index in [0.717, 1.165) is 46.1 Å². The lowest BCUT2D eigenvalue weighted by atomic mass is 9.92. The fraction of sp³-hybridized carbons (Fsp3) is 0.280. The molecule has 7 heteroatoms. The number of carbonyl (C=O) groups excluding carboxylic acids is 1. The monoisotopic (exact) mass is 434 g/mol. The molecular formula is C25H23FN2O4. The standard InChI is InChI=1S/C25H23FN2O4/c26-17-9-7-15(8-10-17)24-20-3-1-2-4-22(20)27-25(16-5-6-16)21(24)12-11-18(29)13-19(30)14-23(31)28-32/h1-4,7-12,16,18-19,29-30H,5-6,13-14H2/b12-11+/t18-,19-/m1/s1. The molecule has 0 aliphatic heterocycles. The van der Waals surface area contributed by atoms with Crippen LogP contribution in [0.1, 0.15) is 42.9 Å². The Bertz CT molecular complexity index is 1170. The average Bonchev–Trinajstić information content (AvgIpc) is 3.62. The van der Waals surface area contributed by atoms with E-state index in [2.05, 4.69) is 5.18 Å². The molecule has 32 heavy (non-hydrogen) atoms. The highest BCUT2D eigenvalue weighted by Gasteiger charge is 2.29. The summed E-state index contributed by atoms with van der Waals surface area (Å²) in [6.07, 6.45) is 2.63. The molecule has 2 N–H and O–H groups in total. The first-order chi connectivity index (χ1) is 15.5. The molecule has 0 bridgehead atoms. The molecule has 3 aromatic rings. The molecule has 1 aliphatic carbocycles. The minimum Gasteiger partial charge on any atom is -0.392 e. The highest BCUT2D eigenvalue weighted by Crippen LogP contribution is 2.45. The summed E-state index contributed by atoms with van der Waals surface area (Å²) in [4.78, 5) is 26.2. The largest absolute Gasteiger partial charge is 0.392 e. The molecular weight excluding hydrogens is 411 g/mol. The van der Waals surface area contributed by atoms with E-state index in [-0.39, 0.29) is 12.2 Å².